The molecule has 3 heterocycles. The quantitative estimate of drug-likeness (QED) is 0.0839. The predicted octanol–water partition coefficient (Wildman–Crippen LogP) is 6.59. The number of carbonyl (C=O) groups excluding carboxylic acids is 3. The highest BCUT2D eigenvalue weighted by molar-refractivity contribution is 6.12. The van der Waals surface area contributed by atoms with E-state index < -0.39 is 59.5 Å². The number of anilines is 1. The Bertz CT molecular complexity index is 2670. The number of morpholine rings is 1. The Hall–Kier alpha value is -7.23. The first kappa shape index (κ1) is 41.1. The first-order valence-corrected chi connectivity index (χ1v) is 20.9. The van der Waals surface area contributed by atoms with Gasteiger partial charge in [-0.2, -0.15) is 0 Å². The molecule has 11 heteroatoms. The van der Waals surface area contributed by atoms with E-state index in [2.05, 4.69) is 22.5 Å². The molecule has 2 fully saturated rings. The van der Waals surface area contributed by atoms with Gasteiger partial charge in [0, 0.05) is 23.4 Å². The van der Waals surface area contributed by atoms with Gasteiger partial charge in [0.25, 0.3) is 0 Å². The van der Waals surface area contributed by atoms with Crippen molar-refractivity contribution in [2.45, 2.75) is 35.7 Å². The Balaban J connectivity index is 1.27. The van der Waals surface area contributed by atoms with Crippen LogP contribution in [0.1, 0.15) is 63.2 Å². The molecule has 11 nitrogen and oxygen atoms in total. The molecule has 4 N–H and O–H groups in total. The lowest BCUT2D eigenvalue weighted by Crippen LogP contribution is -2.55. The molecule has 6 aromatic carbocycles. The third-order valence-electron chi connectivity index (χ3n) is 12.2. The minimum absolute atomic E-state index is 0.0782. The lowest BCUT2D eigenvalue weighted by molar-refractivity contribution is -0.178. The van der Waals surface area contributed by atoms with Crippen molar-refractivity contribution in [2.75, 3.05) is 32.2 Å². The predicted molar refractivity (Wildman–Crippen MR) is 235 cm³/mol. The van der Waals surface area contributed by atoms with Crippen molar-refractivity contribution in [3.05, 3.63) is 197 Å². The van der Waals surface area contributed by atoms with E-state index in [9.17, 15) is 10.2 Å². The van der Waals surface area contributed by atoms with E-state index in [1.807, 2.05) is 120 Å². The summed E-state index contributed by atoms with van der Waals surface area (Å²) in [5.74, 6) is 4.55. The van der Waals surface area contributed by atoms with Crippen LogP contribution >= 0.6 is 0 Å². The third kappa shape index (κ3) is 7.59. The van der Waals surface area contributed by atoms with Gasteiger partial charge in [-0.1, -0.05) is 115 Å². The highest BCUT2D eigenvalue weighted by Gasteiger charge is 2.74. The minimum atomic E-state index is -1.76. The second-order valence-electron chi connectivity index (χ2n) is 15.8. The number of esters is 1. The SMILES string of the molecule is COc1ccc(C#Cc2ccc3c(c2)C2(C(=O)N3)C(C(=O)NCC(O)c3ccccc3)C3C(=O)OC(c4ccccc4)C(c4ccccc4)N3C2c2ccc(OCCO)cc2)cc1. The highest BCUT2D eigenvalue weighted by Crippen LogP contribution is 2.64. The van der Waals surface area contributed by atoms with Crippen LogP contribution in [-0.4, -0.2) is 65.8 Å². The van der Waals surface area contributed by atoms with Gasteiger partial charge in [0.15, 0.2) is 0 Å². The van der Waals surface area contributed by atoms with Crippen molar-refractivity contribution in [1.29, 1.82) is 0 Å². The molecule has 0 radical (unpaired) electrons. The Morgan fingerprint density at radius 1 is 0.778 bits per heavy atom. The van der Waals surface area contributed by atoms with Crippen molar-refractivity contribution in [3.8, 4) is 23.3 Å². The van der Waals surface area contributed by atoms with Gasteiger partial charge in [-0.05, 0) is 82.4 Å². The van der Waals surface area contributed by atoms with Crippen molar-refractivity contribution >= 4 is 23.5 Å². The molecule has 7 unspecified atom stereocenters. The van der Waals surface area contributed by atoms with E-state index in [0.717, 1.165) is 16.7 Å². The molecule has 6 aromatic rings. The fourth-order valence-corrected chi connectivity index (χ4v) is 9.50. The summed E-state index contributed by atoms with van der Waals surface area (Å²) in [6.45, 7) is -0.286. The van der Waals surface area contributed by atoms with E-state index in [0.29, 0.717) is 39.4 Å². The number of hydrogen-bond acceptors (Lipinski definition) is 9. The molecule has 0 bridgehead atoms. The van der Waals surface area contributed by atoms with Gasteiger partial charge >= 0.3 is 5.97 Å². The number of aliphatic hydroxyl groups excluding tert-OH is 2. The van der Waals surface area contributed by atoms with Crippen molar-refractivity contribution < 1.29 is 38.8 Å². The van der Waals surface area contributed by atoms with E-state index in [1.165, 1.54) is 0 Å². The molecule has 2 amide bonds. The summed E-state index contributed by atoms with van der Waals surface area (Å²) in [7, 11) is 1.60. The second-order valence-corrected chi connectivity index (χ2v) is 15.8. The summed E-state index contributed by atoms with van der Waals surface area (Å²) in [6.07, 6.45) is -1.91. The summed E-state index contributed by atoms with van der Waals surface area (Å²) >= 11 is 0. The molecule has 0 saturated carbocycles. The number of carbonyl (C=O) groups is 3. The molecule has 0 aliphatic carbocycles. The van der Waals surface area contributed by atoms with Crippen molar-refractivity contribution in [1.82, 2.24) is 10.2 Å². The molecule has 3 aliphatic heterocycles. The topological polar surface area (TPSA) is 147 Å². The van der Waals surface area contributed by atoms with Gasteiger partial charge in [0.05, 0.1) is 37.8 Å². The Kier molecular flexibility index (Phi) is 11.5. The van der Waals surface area contributed by atoms with Gasteiger partial charge in [0.1, 0.15) is 35.7 Å². The average Bonchev–Trinajstić information content (AvgIpc) is 3.81. The zero-order valence-corrected chi connectivity index (χ0v) is 34.4. The Morgan fingerprint density at radius 3 is 2.06 bits per heavy atom. The zero-order valence-electron chi connectivity index (χ0n) is 34.4. The van der Waals surface area contributed by atoms with Crippen molar-refractivity contribution in [3.63, 3.8) is 0 Å². The summed E-state index contributed by atoms with van der Waals surface area (Å²) in [5.41, 5.74) is 3.33. The number of hydrogen-bond donors (Lipinski definition) is 4. The van der Waals surface area contributed by atoms with E-state index >= 15 is 14.4 Å². The number of benzene rings is 6. The highest BCUT2D eigenvalue weighted by atomic mass is 16.6. The molecular formula is C52H45N3O8. The van der Waals surface area contributed by atoms with Crippen LogP contribution in [0, 0.1) is 17.8 Å². The number of amides is 2. The summed E-state index contributed by atoms with van der Waals surface area (Å²) in [5, 5.41) is 26.9. The second kappa shape index (κ2) is 17.6. The first-order valence-electron chi connectivity index (χ1n) is 20.9. The third-order valence-corrected chi connectivity index (χ3v) is 12.2. The Labute approximate surface area is 365 Å². The molecule has 1 spiro atoms. The lowest BCUT2D eigenvalue weighted by Gasteiger charge is -2.46. The number of nitrogens with one attached hydrogen (secondary N) is 2. The maximum atomic E-state index is 15.5. The van der Waals surface area contributed by atoms with Crippen molar-refractivity contribution in [2.24, 2.45) is 5.92 Å². The lowest BCUT2D eigenvalue weighted by atomic mass is 9.65. The maximum Gasteiger partial charge on any atom is 0.324 e. The first-order chi connectivity index (χ1) is 30.8. The molecule has 63 heavy (non-hydrogen) atoms. The molecule has 9 rings (SSSR count). The molecule has 0 aromatic heterocycles. The van der Waals surface area contributed by atoms with Gasteiger partial charge in [-0.3, -0.25) is 19.3 Å². The zero-order chi connectivity index (χ0) is 43.5. The van der Waals surface area contributed by atoms with Crippen LogP contribution < -0.4 is 20.1 Å². The number of ether oxygens (including phenoxy) is 3. The average molecular weight is 840 g/mol. The number of aliphatic hydroxyl groups is 2. The Morgan fingerprint density at radius 2 is 1.40 bits per heavy atom. The fourth-order valence-electron chi connectivity index (χ4n) is 9.50. The van der Waals surface area contributed by atoms with Gasteiger partial charge in [0.2, 0.25) is 11.8 Å². The minimum Gasteiger partial charge on any atom is -0.497 e. The number of cyclic esters (lactones) is 1. The van der Waals surface area contributed by atoms with Crippen LogP contribution in [-0.2, 0) is 24.5 Å². The van der Waals surface area contributed by atoms with E-state index in [4.69, 9.17) is 14.2 Å². The van der Waals surface area contributed by atoms with Gasteiger partial charge in [-0.15, -0.1) is 0 Å². The maximum absolute atomic E-state index is 15.5. The standard InChI is InChI=1S/C52H45N3O8/c1-61-39-24-19-33(20-25-39)17-18-34-21-28-42-41(31-34)52(51(60)54-42)44(49(58)53-32-43(57)35-11-5-2-6-12-35)46-50(59)63-47(37-15-9-4-10-16-37)45(36-13-7-3-8-14-36)55(46)48(52)38-22-26-40(27-23-38)62-30-29-56/h2-16,19-28,31,43-48,56-57H,29-30,32H2,1H3,(H,53,58)(H,54,60). The molecule has 316 valence electrons. The number of rotatable bonds is 11. The smallest absolute Gasteiger partial charge is 0.324 e. The molecular weight excluding hydrogens is 795 g/mol. The van der Waals surface area contributed by atoms with Crippen LogP contribution in [0.2, 0.25) is 0 Å². The largest absolute Gasteiger partial charge is 0.497 e. The monoisotopic (exact) mass is 839 g/mol. The molecule has 2 saturated heterocycles. The van der Waals surface area contributed by atoms with Crippen LogP contribution in [0.15, 0.2) is 158 Å². The van der Waals surface area contributed by atoms with Gasteiger partial charge < -0.3 is 35.1 Å². The number of nitrogens with zero attached hydrogens (tertiary/aromatic N) is 1. The molecule has 7 atom stereocenters. The summed E-state index contributed by atoms with van der Waals surface area (Å²) < 4.78 is 17.6. The van der Waals surface area contributed by atoms with E-state index in [-0.39, 0.29) is 19.8 Å². The van der Waals surface area contributed by atoms with E-state index in [1.54, 1.807) is 49.6 Å². The normalized spacial score (nSPS) is 22.7. The fraction of sp³-hybridized carbons (Fsp3) is 0.212. The molecule has 3 aliphatic rings. The van der Waals surface area contributed by atoms with Gasteiger partial charge in [-0.25, -0.2) is 0 Å². The van der Waals surface area contributed by atoms with Crippen LogP contribution in [0.4, 0.5) is 5.69 Å². The summed E-state index contributed by atoms with van der Waals surface area (Å²) in [4.78, 5) is 48.0. The number of fused-ring (bicyclic) bond motifs is 3. The van der Waals surface area contributed by atoms with Crippen LogP contribution in [0.25, 0.3) is 0 Å². The van der Waals surface area contributed by atoms with Crippen LogP contribution in [0.3, 0.4) is 0 Å². The van der Waals surface area contributed by atoms with Crippen LogP contribution in [0.5, 0.6) is 11.5 Å². The summed E-state index contributed by atoms with van der Waals surface area (Å²) in [6, 6.07) is 45.2. The number of methoxy groups -OCH3 is 1.